The van der Waals surface area contributed by atoms with Crippen LogP contribution in [0.3, 0.4) is 0 Å². The molecule has 2 rings (SSSR count). The first-order chi connectivity index (χ1) is 9.49. The van der Waals surface area contributed by atoms with Gasteiger partial charge in [0, 0.05) is 18.3 Å². The average molecular weight is 300 g/mol. The molecule has 1 heterocycles. The van der Waals surface area contributed by atoms with Crippen molar-refractivity contribution in [3.8, 4) is 5.75 Å². The van der Waals surface area contributed by atoms with Crippen LogP contribution in [0.4, 0.5) is 5.69 Å². The number of nitrogen functional groups attached to an aromatic ring is 1. The molecule has 0 radical (unpaired) electrons. The minimum Gasteiger partial charge on any atom is -0.492 e. The second-order valence-electron chi connectivity index (χ2n) is 4.77. The number of anilines is 1. The molecule has 1 aliphatic rings. The Morgan fingerprint density at radius 3 is 2.75 bits per heavy atom. The quantitative estimate of drug-likeness (QED) is 0.809. The summed E-state index contributed by atoms with van der Waals surface area (Å²) < 4.78 is 36.6. The van der Waals surface area contributed by atoms with Crippen LogP contribution in [0.15, 0.2) is 24.3 Å². The van der Waals surface area contributed by atoms with Gasteiger partial charge in [0.15, 0.2) is 0 Å². The van der Waals surface area contributed by atoms with Gasteiger partial charge in [-0.2, -0.15) is 4.31 Å². The zero-order chi connectivity index (χ0) is 14.6. The lowest BCUT2D eigenvalue weighted by Gasteiger charge is -2.32. The Bertz CT molecular complexity index is 530. The van der Waals surface area contributed by atoms with E-state index in [2.05, 4.69) is 0 Å². The molecule has 0 aliphatic carbocycles. The van der Waals surface area contributed by atoms with Gasteiger partial charge in [-0.05, 0) is 31.2 Å². The van der Waals surface area contributed by atoms with Crippen molar-refractivity contribution in [2.45, 2.75) is 13.0 Å². The standard InChI is InChI=1S/C13H20N2O4S/c1-11-10-18-7-6-15(11)20(16,17)9-8-19-13-4-2-12(14)3-5-13/h2-5,11H,6-10,14H2,1H3/t11-/m1/s1. The van der Waals surface area contributed by atoms with Crippen LogP contribution in [0, 0.1) is 0 Å². The van der Waals surface area contributed by atoms with Crippen molar-refractivity contribution in [1.29, 1.82) is 0 Å². The van der Waals surface area contributed by atoms with Gasteiger partial charge in [-0.25, -0.2) is 8.42 Å². The van der Waals surface area contributed by atoms with E-state index in [1.165, 1.54) is 4.31 Å². The Balaban J connectivity index is 1.87. The molecule has 6 nitrogen and oxygen atoms in total. The number of benzene rings is 1. The summed E-state index contributed by atoms with van der Waals surface area (Å²) in [6.45, 7) is 3.26. The van der Waals surface area contributed by atoms with Gasteiger partial charge in [-0.3, -0.25) is 0 Å². The topological polar surface area (TPSA) is 81.9 Å². The summed E-state index contributed by atoms with van der Waals surface area (Å²) in [4.78, 5) is 0. The third-order valence-corrected chi connectivity index (χ3v) is 5.09. The van der Waals surface area contributed by atoms with Crippen LogP contribution in [0.2, 0.25) is 0 Å². The molecule has 1 fully saturated rings. The van der Waals surface area contributed by atoms with Crippen LogP contribution in [-0.2, 0) is 14.8 Å². The first kappa shape index (κ1) is 15.1. The van der Waals surface area contributed by atoms with E-state index in [1.807, 2.05) is 6.92 Å². The highest BCUT2D eigenvalue weighted by Gasteiger charge is 2.29. The van der Waals surface area contributed by atoms with Gasteiger partial charge in [-0.15, -0.1) is 0 Å². The van der Waals surface area contributed by atoms with E-state index in [-0.39, 0.29) is 18.4 Å². The van der Waals surface area contributed by atoms with Crippen molar-refractivity contribution in [1.82, 2.24) is 4.31 Å². The average Bonchev–Trinajstić information content (AvgIpc) is 2.41. The van der Waals surface area contributed by atoms with E-state index in [4.69, 9.17) is 15.2 Å². The Morgan fingerprint density at radius 2 is 2.10 bits per heavy atom. The summed E-state index contributed by atoms with van der Waals surface area (Å²) in [5, 5.41) is 0. The molecule has 0 saturated carbocycles. The maximum atomic E-state index is 12.2. The highest BCUT2D eigenvalue weighted by molar-refractivity contribution is 7.89. The summed E-state index contributed by atoms with van der Waals surface area (Å²) in [6, 6.07) is 6.76. The van der Waals surface area contributed by atoms with Gasteiger partial charge in [-0.1, -0.05) is 0 Å². The normalized spacial score (nSPS) is 20.8. The third-order valence-electron chi connectivity index (χ3n) is 3.15. The molecule has 1 aromatic rings. The number of hydrogen-bond acceptors (Lipinski definition) is 5. The van der Waals surface area contributed by atoms with Crippen LogP contribution in [0.5, 0.6) is 5.75 Å². The Hall–Kier alpha value is -1.31. The molecule has 0 amide bonds. The summed E-state index contributed by atoms with van der Waals surface area (Å²) >= 11 is 0. The molecule has 7 heteroatoms. The lowest BCUT2D eigenvalue weighted by molar-refractivity contribution is 0.0391. The second-order valence-corrected chi connectivity index (χ2v) is 6.81. The van der Waals surface area contributed by atoms with Crippen LogP contribution >= 0.6 is 0 Å². The Kier molecular flexibility index (Phi) is 4.85. The SMILES string of the molecule is C[C@@H]1COCCN1S(=O)(=O)CCOc1ccc(N)cc1. The molecule has 20 heavy (non-hydrogen) atoms. The molecule has 1 saturated heterocycles. The number of hydrogen-bond donors (Lipinski definition) is 1. The number of nitrogens with zero attached hydrogens (tertiary/aromatic N) is 1. The maximum Gasteiger partial charge on any atom is 0.217 e. The lowest BCUT2D eigenvalue weighted by Crippen LogP contribution is -2.48. The van der Waals surface area contributed by atoms with Crippen molar-refractivity contribution in [3.05, 3.63) is 24.3 Å². The minimum absolute atomic E-state index is 0.0400. The number of nitrogens with two attached hydrogens (primary N) is 1. The van der Waals surface area contributed by atoms with Crippen LogP contribution in [0.25, 0.3) is 0 Å². The smallest absolute Gasteiger partial charge is 0.217 e. The molecule has 0 aromatic heterocycles. The van der Waals surface area contributed by atoms with Crippen molar-refractivity contribution >= 4 is 15.7 Å². The number of ether oxygens (including phenoxy) is 2. The fourth-order valence-electron chi connectivity index (χ4n) is 2.07. The maximum absolute atomic E-state index is 12.2. The van der Waals surface area contributed by atoms with Crippen LogP contribution in [0.1, 0.15) is 6.92 Å². The van der Waals surface area contributed by atoms with Gasteiger partial charge >= 0.3 is 0 Å². The summed E-state index contributed by atoms with van der Waals surface area (Å²) in [5.74, 6) is 0.575. The van der Waals surface area contributed by atoms with Crippen LogP contribution in [-0.4, -0.2) is 50.9 Å². The summed E-state index contributed by atoms with van der Waals surface area (Å²) in [7, 11) is -3.31. The zero-order valence-electron chi connectivity index (χ0n) is 11.5. The molecule has 112 valence electrons. The molecular formula is C13H20N2O4S. The zero-order valence-corrected chi connectivity index (χ0v) is 12.3. The van der Waals surface area contributed by atoms with Gasteiger partial charge in [0.1, 0.15) is 12.4 Å². The van der Waals surface area contributed by atoms with E-state index < -0.39 is 10.0 Å². The van der Waals surface area contributed by atoms with Gasteiger partial charge in [0.2, 0.25) is 10.0 Å². The van der Waals surface area contributed by atoms with Crippen LogP contribution < -0.4 is 10.5 Å². The monoisotopic (exact) mass is 300 g/mol. The molecule has 0 spiro atoms. The molecule has 1 aliphatic heterocycles. The van der Waals surface area contributed by atoms with Gasteiger partial charge in [0.05, 0.1) is 19.0 Å². The molecule has 1 atom stereocenters. The molecule has 2 N–H and O–H groups in total. The van der Waals surface area contributed by atoms with E-state index in [0.717, 1.165) is 0 Å². The van der Waals surface area contributed by atoms with E-state index >= 15 is 0 Å². The fraction of sp³-hybridized carbons (Fsp3) is 0.538. The molecular weight excluding hydrogens is 280 g/mol. The first-order valence-corrected chi connectivity index (χ1v) is 8.15. The number of morpholine rings is 1. The number of sulfonamides is 1. The van der Waals surface area contributed by atoms with E-state index in [0.29, 0.717) is 31.2 Å². The summed E-state index contributed by atoms with van der Waals surface area (Å²) in [6.07, 6.45) is 0. The fourth-order valence-corrected chi connectivity index (χ4v) is 3.56. The highest BCUT2D eigenvalue weighted by atomic mass is 32.2. The number of rotatable bonds is 5. The third kappa shape index (κ3) is 3.84. The van der Waals surface area contributed by atoms with Crippen molar-refractivity contribution in [2.75, 3.05) is 37.9 Å². The van der Waals surface area contributed by atoms with Gasteiger partial charge in [0.25, 0.3) is 0 Å². The Morgan fingerprint density at radius 1 is 1.40 bits per heavy atom. The van der Waals surface area contributed by atoms with Crippen molar-refractivity contribution < 1.29 is 17.9 Å². The van der Waals surface area contributed by atoms with E-state index in [1.54, 1.807) is 24.3 Å². The van der Waals surface area contributed by atoms with Crippen molar-refractivity contribution in [3.63, 3.8) is 0 Å². The first-order valence-electron chi connectivity index (χ1n) is 6.54. The predicted molar refractivity (Wildman–Crippen MR) is 77.1 cm³/mol. The highest BCUT2D eigenvalue weighted by Crippen LogP contribution is 2.15. The van der Waals surface area contributed by atoms with Crippen molar-refractivity contribution in [2.24, 2.45) is 0 Å². The largest absolute Gasteiger partial charge is 0.492 e. The Labute approximate surface area is 119 Å². The minimum atomic E-state index is -3.31. The van der Waals surface area contributed by atoms with Gasteiger partial charge < -0.3 is 15.2 Å². The predicted octanol–water partition coefficient (Wildman–Crippen LogP) is 0.698. The molecule has 0 unspecified atom stereocenters. The summed E-state index contributed by atoms with van der Waals surface area (Å²) in [5.41, 5.74) is 6.21. The molecule has 0 bridgehead atoms. The van der Waals surface area contributed by atoms with E-state index in [9.17, 15) is 8.42 Å². The lowest BCUT2D eigenvalue weighted by atomic mass is 10.3. The molecule has 1 aromatic carbocycles. The second kappa shape index (κ2) is 6.43.